The van der Waals surface area contributed by atoms with Crippen LogP contribution < -0.4 is 5.46 Å². The predicted molar refractivity (Wildman–Crippen MR) is 109 cm³/mol. The highest BCUT2D eigenvalue weighted by Crippen LogP contribution is 2.36. The quantitative estimate of drug-likeness (QED) is 0.567. The highest BCUT2D eigenvalue weighted by atomic mass is 16.7. The smallest absolute Gasteiger partial charge is 0.399 e. The Morgan fingerprint density at radius 2 is 1.63 bits per heavy atom. The van der Waals surface area contributed by atoms with Gasteiger partial charge >= 0.3 is 7.12 Å². The summed E-state index contributed by atoms with van der Waals surface area (Å²) in [6, 6.07) is 8.59. The van der Waals surface area contributed by atoms with E-state index in [1.807, 2.05) is 0 Å². The van der Waals surface area contributed by atoms with Crippen LogP contribution in [0, 0.1) is 0 Å². The molecule has 1 saturated heterocycles. The van der Waals surface area contributed by atoms with Crippen molar-refractivity contribution >= 4 is 18.2 Å². The minimum Gasteiger partial charge on any atom is -0.399 e. The molecule has 27 heavy (non-hydrogen) atoms. The highest BCUT2D eigenvalue weighted by molar-refractivity contribution is 6.62. The van der Waals surface area contributed by atoms with Crippen molar-refractivity contribution in [2.75, 3.05) is 33.9 Å². The van der Waals surface area contributed by atoms with Crippen molar-refractivity contribution < 1.29 is 18.8 Å². The van der Waals surface area contributed by atoms with Crippen LogP contribution in [0.5, 0.6) is 0 Å². The third-order valence-electron chi connectivity index (χ3n) is 6.03. The second kappa shape index (κ2) is 8.06. The highest BCUT2D eigenvalue weighted by Gasteiger charge is 2.51. The molecule has 5 nitrogen and oxygen atoms in total. The Kier molecular flexibility index (Phi) is 6.13. The number of methoxy groups -OCH3 is 2. The lowest BCUT2D eigenvalue weighted by atomic mass is 9.78. The fraction of sp³-hybridized carbons (Fsp3) is 0.619. The molecule has 2 aliphatic heterocycles. The molecule has 2 aliphatic rings. The molecule has 0 atom stereocenters. The molecule has 0 N–H and O–H groups in total. The molecule has 3 rings (SSSR count). The summed E-state index contributed by atoms with van der Waals surface area (Å²) in [4.78, 5) is 2.35. The van der Waals surface area contributed by atoms with Gasteiger partial charge in [-0.25, -0.2) is 0 Å². The summed E-state index contributed by atoms with van der Waals surface area (Å²) in [5.74, 6) is 0. The zero-order valence-corrected chi connectivity index (χ0v) is 17.5. The Bertz CT molecular complexity index is 651. The SMILES string of the molecule is COC(CN1CC=C(c2ccc(B3OC(C)(C)C(C)(C)O3)cc2)CC1)OC. The van der Waals surface area contributed by atoms with Gasteiger partial charge in [0, 0.05) is 33.9 Å². The van der Waals surface area contributed by atoms with Gasteiger partial charge in [-0.1, -0.05) is 30.3 Å². The van der Waals surface area contributed by atoms with Crippen LogP contribution in [-0.4, -0.2) is 63.4 Å². The van der Waals surface area contributed by atoms with E-state index in [1.54, 1.807) is 14.2 Å². The third-order valence-corrected chi connectivity index (χ3v) is 6.03. The molecule has 1 aromatic carbocycles. The van der Waals surface area contributed by atoms with E-state index in [9.17, 15) is 0 Å². The average Bonchev–Trinajstić information content (AvgIpc) is 2.88. The largest absolute Gasteiger partial charge is 0.494 e. The molecular formula is C21H32BNO4. The number of rotatable bonds is 6. The topological polar surface area (TPSA) is 40.2 Å². The zero-order valence-electron chi connectivity index (χ0n) is 17.5. The van der Waals surface area contributed by atoms with Crippen molar-refractivity contribution in [3.8, 4) is 0 Å². The molecule has 0 saturated carbocycles. The summed E-state index contributed by atoms with van der Waals surface area (Å²) >= 11 is 0. The van der Waals surface area contributed by atoms with Gasteiger partial charge in [-0.2, -0.15) is 0 Å². The van der Waals surface area contributed by atoms with Crippen molar-refractivity contribution in [2.24, 2.45) is 0 Å². The van der Waals surface area contributed by atoms with Crippen molar-refractivity contribution in [1.29, 1.82) is 0 Å². The molecule has 6 heteroatoms. The van der Waals surface area contributed by atoms with E-state index in [-0.39, 0.29) is 24.6 Å². The number of nitrogens with zero attached hydrogens (tertiary/aromatic N) is 1. The Balaban J connectivity index is 1.62. The van der Waals surface area contributed by atoms with Crippen LogP contribution in [0.2, 0.25) is 0 Å². The number of hydrogen-bond donors (Lipinski definition) is 0. The van der Waals surface area contributed by atoms with Crippen LogP contribution >= 0.6 is 0 Å². The molecule has 0 spiro atoms. The van der Waals surface area contributed by atoms with Crippen LogP contribution in [0.1, 0.15) is 39.7 Å². The lowest BCUT2D eigenvalue weighted by Crippen LogP contribution is -2.41. The van der Waals surface area contributed by atoms with E-state index in [2.05, 4.69) is 62.9 Å². The van der Waals surface area contributed by atoms with Crippen molar-refractivity contribution in [3.05, 3.63) is 35.9 Å². The third kappa shape index (κ3) is 4.46. The summed E-state index contributed by atoms with van der Waals surface area (Å²) in [5.41, 5.74) is 3.10. The molecule has 2 heterocycles. The Hall–Kier alpha value is -1.18. The van der Waals surface area contributed by atoms with Crippen LogP contribution in [0.15, 0.2) is 30.3 Å². The maximum absolute atomic E-state index is 6.14. The first-order valence-electron chi connectivity index (χ1n) is 9.69. The van der Waals surface area contributed by atoms with Gasteiger partial charge in [0.15, 0.2) is 6.29 Å². The van der Waals surface area contributed by atoms with Gasteiger partial charge in [0.05, 0.1) is 11.2 Å². The van der Waals surface area contributed by atoms with E-state index < -0.39 is 0 Å². The van der Waals surface area contributed by atoms with E-state index in [0.717, 1.165) is 31.5 Å². The molecule has 0 bridgehead atoms. The second-order valence-corrected chi connectivity index (χ2v) is 8.35. The summed E-state index contributed by atoms with van der Waals surface area (Å²) in [6.07, 6.45) is 3.16. The maximum Gasteiger partial charge on any atom is 0.494 e. The Morgan fingerprint density at radius 1 is 1.04 bits per heavy atom. The first-order chi connectivity index (χ1) is 12.8. The van der Waals surface area contributed by atoms with Gasteiger partial charge in [0.25, 0.3) is 0 Å². The van der Waals surface area contributed by atoms with Gasteiger partial charge in [-0.15, -0.1) is 0 Å². The van der Waals surface area contributed by atoms with Gasteiger partial charge < -0.3 is 18.8 Å². The molecular weight excluding hydrogens is 341 g/mol. The summed E-state index contributed by atoms with van der Waals surface area (Å²) in [6.45, 7) is 11.0. The molecule has 148 valence electrons. The average molecular weight is 373 g/mol. The Labute approximate surface area is 163 Å². The molecule has 1 fully saturated rings. The first kappa shape index (κ1) is 20.6. The van der Waals surface area contributed by atoms with E-state index in [4.69, 9.17) is 18.8 Å². The van der Waals surface area contributed by atoms with Crippen LogP contribution in [0.25, 0.3) is 5.57 Å². The maximum atomic E-state index is 6.14. The minimum absolute atomic E-state index is 0.167. The Morgan fingerprint density at radius 3 is 2.11 bits per heavy atom. The van der Waals surface area contributed by atoms with E-state index in [0.29, 0.717) is 0 Å². The lowest BCUT2D eigenvalue weighted by Gasteiger charge is -2.32. The number of hydrogen-bond acceptors (Lipinski definition) is 5. The zero-order chi connectivity index (χ0) is 19.7. The van der Waals surface area contributed by atoms with Gasteiger partial charge in [0.1, 0.15) is 0 Å². The molecule has 1 aromatic rings. The van der Waals surface area contributed by atoms with Gasteiger partial charge in [-0.05, 0) is 50.7 Å². The normalized spacial score (nSPS) is 22.3. The summed E-state index contributed by atoms with van der Waals surface area (Å²) in [5, 5.41) is 0. The minimum atomic E-state index is -0.312. The standard InChI is InChI=1S/C21H32BNO4/c1-20(2)21(3,4)27-22(26-20)18-9-7-16(8-10-18)17-11-13-23(14-12-17)15-19(24-5)25-6/h7-11,19H,12-15H2,1-6H3. The van der Waals surface area contributed by atoms with Gasteiger partial charge in [0.2, 0.25) is 0 Å². The van der Waals surface area contributed by atoms with Crippen molar-refractivity contribution in [2.45, 2.75) is 51.6 Å². The fourth-order valence-electron chi connectivity index (χ4n) is 3.43. The van der Waals surface area contributed by atoms with E-state index in [1.165, 1.54) is 11.1 Å². The molecule has 0 radical (unpaired) electrons. The van der Waals surface area contributed by atoms with Crippen molar-refractivity contribution in [3.63, 3.8) is 0 Å². The summed E-state index contributed by atoms with van der Waals surface area (Å²) in [7, 11) is 3.06. The molecule has 0 aromatic heterocycles. The van der Waals surface area contributed by atoms with Crippen molar-refractivity contribution in [1.82, 2.24) is 4.90 Å². The molecule has 0 unspecified atom stereocenters. The van der Waals surface area contributed by atoms with E-state index >= 15 is 0 Å². The van der Waals surface area contributed by atoms with Gasteiger partial charge in [-0.3, -0.25) is 4.90 Å². The molecule has 0 amide bonds. The predicted octanol–water partition coefficient (Wildman–Crippen LogP) is 2.69. The number of ether oxygens (including phenoxy) is 2. The monoisotopic (exact) mass is 373 g/mol. The number of benzene rings is 1. The fourth-order valence-corrected chi connectivity index (χ4v) is 3.43. The van der Waals surface area contributed by atoms with Crippen LogP contribution in [-0.2, 0) is 18.8 Å². The van der Waals surface area contributed by atoms with Crippen LogP contribution in [0.4, 0.5) is 0 Å². The lowest BCUT2D eigenvalue weighted by molar-refractivity contribution is -0.115. The van der Waals surface area contributed by atoms with Crippen LogP contribution in [0.3, 0.4) is 0 Å². The first-order valence-corrected chi connectivity index (χ1v) is 9.69. The summed E-state index contributed by atoms with van der Waals surface area (Å²) < 4.78 is 22.9. The second-order valence-electron chi connectivity index (χ2n) is 8.35. The molecule has 0 aliphatic carbocycles.